The molecule has 0 bridgehead atoms. The molecule has 1 aromatic rings. The van der Waals surface area contributed by atoms with Crippen LogP contribution in [0, 0.1) is 11.3 Å². The highest BCUT2D eigenvalue weighted by Gasteiger charge is 2.33. The molecule has 1 heterocycles. The monoisotopic (exact) mass is 251 g/mol. The van der Waals surface area contributed by atoms with E-state index in [0.717, 1.165) is 31.6 Å². The number of hydrogen-bond donors (Lipinski definition) is 1. The van der Waals surface area contributed by atoms with Crippen molar-refractivity contribution in [1.29, 1.82) is 0 Å². The van der Waals surface area contributed by atoms with Gasteiger partial charge in [0, 0.05) is 31.1 Å². The van der Waals surface area contributed by atoms with Crippen molar-refractivity contribution in [3.63, 3.8) is 0 Å². The topological polar surface area (TPSA) is 34.4 Å². The van der Waals surface area contributed by atoms with Gasteiger partial charge in [-0.15, -0.1) is 0 Å². The molecule has 0 saturated heterocycles. The Bertz CT molecular complexity index is 409. The molecule has 1 aliphatic rings. The molecule has 1 aliphatic carbocycles. The van der Waals surface area contributed by atoms with Crippen LogP contribution < -0.4 is 0 Å². The number of aliphatic hydroxyl groups excluding tert-OH is 1. The maximum Gasteiger partial charge on any atom is 0.0812 e. The van der Waals surface area contributed by atoms with E-state index in [0.29, 0.717) is 5.92 Å². The van der Waals surface area contributed by atoms with Crippen LogP contribution in [0.1, 0.15) is 44.6 Å². The van der Waals surface area contributed by atoms with Gasteiger partial charge >= 0.3 is 0 Å². The molecule has 18 heavy (non-hydrogen) atoms. The van der Waals surface area contributed by atoms with E-state index in [1.54, 1.807) is 7.11 Å². The Morgan fingerprint density at radius 2 is 2.28 bits per heavy atom. The van der Waals surface area contributed by atoms with E-state index in [9.17, 15) is 5.11 Å². The Balaban J connectivity index is 2.20. The first-order chi connectivity index (χ1) is 8.43. The number of nitrogens with zero attached hydrogens (tertiary/aromatic N) is 1. The Morgan fingerprint density at radius 1 is 1.56 bits per heavy atom. The van der Waals surface area contributed by atoms with Crippen LogP contribution in [0.25, 0.3) is 0 Å². The Kier molecular flexibility index (Phi) is 3.83. The van der Waals surface area contributed by atoms with Gasteiger partial charge in [-0.1, -0.05) is 20.8 Å². The SMILES string of the molecule is COCC(C)Cn1ccc2c1CC(C)(C)CC2O. The second kappa shape index (κ2) is 5.06. The summed E-state index contributed by atoms with van der Waals surface area (Å²) in [7, 11) is 1.74. The zero-order chi connectivity index (χ0) is 13.3. The number of hydrogen-bond acceptors (Lipinski definition) is 2. The summed E-state index contributed by atoms with van der Waals surface area (Å²) in [4.78, 5) is 0. The van der Waals surface area contributed by atoms with Gasteiger partial charge in [0.2, 0.25) is 0 Å². The van der Waals surface area contributed by atoms with Gasteiger partial charge < -0.3 is 14.4 Å². The van der Waals surface area contributed by atoms with Crippen molar-refractivity contribution in [3.8, 4) is 0 Å². The second-order valence-electron chi connectivity index (χ2n) is 6.49. The first-order valence-corrected chi connectivity index (χ1v) is 6.78. The Morgan fingerprint density at radius 3 is 2.94 bits per heavy atom. The zero-order valence-corrected chi connectivity index (χ0v) is 11.9. The number of rotatable bonds is 4. The van der Waals surface area contributed by atoms with Crippen molar-refractivity contribution in [2.45, 2.75) is 46.3 Å². The number of methoxy groups -OCH3 is 1. The lowest BCUT2D eigenvalue weighted by molar-refractivity contribution is 0.0969. The molecule has 3 heteroatoms. The lowest BCUT2D eigenvalue weighted by Crippen LogP contribution is -2.27. The molecule has 1 N–H and O–H groups in total. The summed E-state index contributed by atoms with van der Waals surface area (Å²) in [5.41, 5.74) is 2.62. The molecule has 0 fully saturated rings. The van der Waals surface area contributed by atoms with Crippen molar-refractivity contribution in [2.75, 3.05) is 13.7 Å². The summed E-state index contributed by atoms with van der Waals surface area (Å²) in [6.45, 7) is 8.40. The van der Waals surface area contributed by atoms with Crippen molar-refractivity contribution < 1.29 is 9.84 Å². The minimum absolute atomic E-state index is 0.188. The summed E-state index contributed by atoms with van der Waals surface area (Å²) in [6, 6.07) is 2.08. The summed E-state index contributed by atoms with van der Waals surface area (Å²) in [6.07, 6.45) is 3.72. The third kappa shape index (κ3) is 2.78. The van der Waals surface area contributed by atoms with Gasteiger partial charge in [-0.3, -0.25) is 0 Å². The quantitative estimate of drug-likeness (QED) is 0.893. The Hall–Kier alpha value is -0.800. The fourth-order valence-corrected chi connectivity index (χ4v) is 3.03. The molecule has 0 aromatic carbocycles. The molecule has 0 radical (unpaired) electrons. The molecule has 102 valence electrons. The van der Waals surface area contributed by atoms with Gasteiger partial charge in [0.05, 0.1) is 12.7 Å². The first kappa shape index (κ1) is 13.6. The van der Waals surface area contributed by atoms with Crippen molar-refractivity contribution >= 4 is 0 Å². The van der Waals surface area contributed by atoms with Gasteiger partial charge in [-0.25, -0.2) is 0 Å². The van der Waals surface area contributed by atoms with E-state index < -0.39 is 0 Å². The van der Waals surface area contributed by atoms with Crippen LogP contribution in [-0.2, 0) is 17.7 Å². The molecule has 0 amide bonds. The number of aromatic nitrogens is 1. The molecular formula is C15H25NO2. The first-order valence-electron chi connectivity index (χ1n) is 6.78. The van der Waals surface area contributed by atoms with Gasteiger partial charge in [0.15, 0.2) is 0 Å². The predicted molar refractivity (Wildman–Crippen MR) is 72.5 cm³/mol. The lowest BCUT2D eigenvalue weighted by atomic mass is 9.75. The van der Waals surface area contributed by atoms with Crippen molar-refractivity contribution in [2.24, 2.45) is 11.3 Å². The van der Waals surface area contributed by atoms with E-state index in [1.165, 1.54) is 5.69 Å². The highest BCUT2D eigenvalue weighted by molar-refractivity contribution is 5.29. The molecule has 0 spiro atoms. The fourth-order valence-electron chi connectivity index (χ4n) is 3.03. The third-order valence-electron chi connectivity index (χ3n) is 3.82. The highest BCUT2D eigenvalue weighted by atomic mass is 16.5. The maximum absolute atomic E-state index is 10.2. The Labute approximate surface area is 110 Å². The second-order valence-corrected chi connectivity index (χ2v) is 6.49. The van der Waals surface area contributed by atoms with Gasteiger partial charge in [-0.05, 0) is 30.2 Å². The van der Waals surface area contributed by atoms with E-state index in [-0.39, 0.29) is 11.5 Å². The smallest absolute Gasteiger partial charge is 0.0812 e. The van der Waals surface area contributed by atoms with Crippen LogP contribution in [0.5, 0.6) is 0 Å². The molecule has 3 nitrogen and oxygen atoms in total. The fraction of sp³-hybridized carbons (Fsp3) is 0.733. The van der Waals surface area contributed by atoms with Crippen molar-refractivity contribution in [3.05, 3.63) is 23.5 Å². The van der Waals surface area contributed by atoms with Crippen LogP contribution in [0.3, 0.4) is 0 Å². The molecule has 2 unspecified atom stereocenters. The van der Waals surface area contributed by atoms with Crippen LogP contribution in [-0.4, -0.2) is 23.4 Å². The minimum atomic E-state index is -0.303. The van der Waals surface area contributed by atoms with Crippen molar-refractivity contribution in [1.82, 2.24) is 4.57 Å². The molecular weight excluding hydrogens is 226 g/mol. The predicted octanol–water partition coefficient (Wildman–Crippen LogP) is 2.78. The normalized spacial score (nSPS) is 23.7. The molecule has 2 rings (SSSR count). The average Bonchev–Trinajstić information content (AvgIpc) is 2.60. The van der Waals surface area contributed by atoms with Gasteiger partial charge in [-0.2, -0.15) is 0 Å². The van der Waals surface area contributed by atoms with E-state index in [1.807, 2.05) is 0 Å². The maximum atomic E-state index is 10.2. The van der Waals surface area contributed by atoms with Crippen LogP contribution in [0.2, 0.25) is 0 Å². The zero-order valence-electron chi connectivity index (χ0n) is 11.9. The highest BCUT2D eigenvalue weighted by Crippen LogP contribution is 2.41. The minimum Gasteiger partial charge on any atom is -0.388 e. The van der Waals surface area contributed by atoms with Gasteiger partial charge in [0.1, 0.15) is 0 Å². The summed E-state index contributed by atoms with van der Waals surface area (Å²) in [5.74, 6) is 0.494. The number of fused-ring (bicyclic) bond motifs is 1. The average molecular weight is 251 g/mol. The molecule has 0 saturated carbocycles. The molecule has 1 aromatic heterocycles. The third-order valence-corrected chi connectivity index (χ3v) is 3.82. The summed E-state index contributed by atoms with van der Waals surface area (Å²) < 4.78 is 7.49. The largest absolute Gasteiger partial charge is 0.388 e. The standard InChI is InChI=1S/C15H25NO2/c1-11(10-18-4)9-16-6-5-12-13(16)7-15(2,3)8-14(12)17/h5-6,11,14,17H,7-10H2,1-4H3. The summed E-state index contributed by atoms with van der Waals surface area (Å²) >= 11 is 0. The number of aliphatic hydroxyl groups is 1. The van der Waals surface area contributed by atoms with E-state index in [4.69, 9.17) is 4.74 Å². The van der Waals surface area contributed by atoms with E-state index >= 15 is 0 Å². The van der Waals surface area contributed by atoms with Crippen LogP contribution in [0.15, 0.2) is 12.3 Å². The molecule has 0 aliphatic heterocycles. The number of ether oxygens (including phenoxy) is 1. The molecule has 2 atom stereocenters. The lowest BCUT2D eigenvalue weighted by Gasteiger charge is -2.34. The van der Waals surface area contributed by atoms with Gasteiger partial charge in [0.25, 0.3) is 0 Å². The van der Waals surface area contributed by atoms with Crippen LogP contribution in [0.4, 0.5) is 0 Å². The van der Waals surface area contributed by atoms with E-state index in [2.05, 4.69) is 37.6 Å². The van der Waals surface area contributed by atoms with Crippen LogP contribution >= 0.6 is 0 Å². The summed E-state index contributed by atoms with van der Waals surface area (Å²) in [5, 5.41) is 10.2.